The van der Waals surface area contributed by atoms with Crippen LogP contribution in [0.25, 0.3) is 11.0 Å². The fraction of sp³-hybridized carbons (Fsp3) is 0.680. The zero-order valence-electron chi connectivity index (χ0n) is 18.7. The van der Waals surface area contributed by atoms with E-state index in [2.05, 4.69) is 47.2 Å². The van der Waals surface area contributed by atoms with Crippen molar-refractivity contribution in [3.05, 3.63) is 24.3 Å². The molecule has 1 aromatic heterocycles. The fourth-order valence-electron chi connectivity index (χ4n) is 7.35. The van der Waals surface area contributed by atoms with Gasteiger partial charge in [-0.3, -0.25) is 10.5 Å². The first kappa shape index (κ1) is 20.0. The molecule has 162 valence electrons. The van der Waals surface area contributed by atoms with Gasteiger partial charge in [0.1, 0.15) is 30.7 Å². The molecule has 3 N–H and O–H groups in total. The van der Waals surface area contributed by atoms with Crippen molar-refractivity contribution in [2.24, 2.45) is 23.2 Å². The Morgan fingerprint density at radius 2 is 1.70 bits per heavy atom. The normalized spacial score (nSPS) is 29.9. The number of carbonyl (C=O) groups is 1. The van der Waals surface area contributed by atoms with Crippen molar-refractivity contribution in [1.29, 1.82) is 0 Å². The molecule has 6 rings (SSSR count). The van der Waals surface area contributed by atoms with Crippen LogP contribution in [0.15, 0.2) is 24.3 Å². The zero-order valence-corrected chi connectivity index (χ0v) is 18.7. The van der Waals surface area contributed by atoms with Crippen LogP contribution in [0.5, 0.6) is 0 Å². The molecule has 0 aliphatic heterocycles. The highest BCUT2D eigenvalue weighted by atomic mass is 16.1. The molecule has 4 aliphatic rings. The van der Waals surface area contributed by atoms with Crippen molar-refractivity contribution < 1.29 is 14.3 Å². The van der Waals surface area contributed by atoms with Crippen LogP contribution in [-0.2, 0) is 17.9 Å². The van der Waals surface area contributed by atoms with Crippen LogP contribution < -0.4 is 15.2 Å². The summed E-state index contributed by atoms with van der Waals surface area (Å²) in [7, 11) is 0. The van der Waals surface area contributed by atoms with Gasteiger partial charge in [-0.25, -0.2) is 9.13 Å². The summed E-state index contributed by atoms with van der Waals surface area (Å²) in [6, 6.07) is 8.41. The summed E-state index contributed by atoms with van der Waals surface area (Å²) in [5, 5.41) is 0. The molecule has 5 heteroatoms. The molecule has 5 nitrogen and oxygen atoms in total. The molecule has 0 amide bonds. The number of fused-ring (bicyclic) bond motifs is 1. The van der Waals surface area contributed by atoms with Crippen LogP contribution >= 0.6 is 0 Å². The van der Waals surface area contributed by atoms with Gasteiger partial charge in [-0.15, -0.1) is 0 Å². The molecule has 4 saturated carbocycles. The molecule has 0 atom stereocenters. The Kier molecular flexibility index (Phi) is 5.12. The lowest BCUT2D eigenvalue weighted by molar-refractivity contribution is -0.897. The topological polar surface area (TPSA) is 56.3 Å². The van der Waals surface area contributed by atoms with Crippen molar-refractivity contribution in [2.45, 2.75) is 65.5 Å². The average molecular weight is 411 g/mol. The van der Waals surface area contributed by atoms with Crippen LogP contribution in [0.1, 0.15) is 52.4 Å². The van der Waals surface area contributed by atoms with E-state index in [-0.39, 0.29) is 5.41 Å². The third kappa shape index (κ3) is 3.26. The smallest absolute Gasteiger partial charge is 0.333 e. The van der Waals surface area contributed by atoms with Crippen molar-refractivity contribution in [3.8, 4) is 0 Å². The predicted molar refractivity (Wildman–Crippen MR) is 119 cm³/mol. The van der Waals surface area contributed by atoms with Crippen molar-refractivity contribution in [2.75, 3.05) is 25.4 Å². The van der Waals surface area contributed by atoms with Gasteiger partial charge in [0.05, 0.1) is 13.1 Å². The number of rotatable bonds is 8. The molecule has 0 spiro atoms. The Labute approximate surface area is 180 Å². The maximum Gasteiger partial charge on any atom is 0.356 e. The molecule has 4 aliphatic carbocycles. The first-order chi connectivity index (χ1) is 14.5. The molecule has 0 saturated heterocycles. The summed E-state index contributed by atoms with van der Waals surface area (Å²) in [6.07, 6.45) is 7.49. The number of carbonyl (C=O) groups excluding carboxylic acids is 1. The maximum atomic E-state index is 13.7. The van der Waals surface area contributed by atoms with Crippen LogP contribution in [0, 0.1) is 23.2 Å². The molecule has 0 unspecified atom stereocenters. The van der Waals surface area contributed by atoms with Crippen LogP contribution in [0.2, 0.25) is 0 Å². The van der Waals surface area contributed by atoms with Gasteiger partial charge in [-0.05, 0) is 82.3 Å². The number of nitrogens with zero attached hydrogens (tertiary/aromatic N) is 2. The van der Waals surface area contributed by atoms with Gasteiger partial charge in [0.2, 0.25) is 0 Å². The molecule has 2 aromatic rings. The number of benzene rings is 1. The molecule has 4 bridgehead atoms. The van der Waals surface area contributed by atoms with Crippen LogP contribution in [-0.4, -0.2) is 30.0 Å². The van der Waals surface area contributed by atoms with Crippen LogP contribution in [0.3, 0.4) is 0 Å². The summed E-state index contributed by atoms with van der Waals surface area (Å²) in [5.74, 6) is 3.55. The van der Waals surface area contributed by atoms with Gasteiger partial charge in [0.25, 0.3) is 0 Å². The number of aromatic nitrogens is 2. The highest BCUT2D eigenvalue weighted by Crippen LogP contribution is 2.60. The second-order valence-corrected chi connectivity index (χ2v) is 10.4. The number of nitrogen functional groups attached to an aromatic ring is 1. The summed E-state index contributed by atoms with van der Waals surface area (Å²) in [6.45, 7) is 9.10. The van der Waals surface area contributed by atoms with Gasteiger partial charge in [0.15, 0.2) is 5.78 Å². The highest BCUT2D eigenvalue weighted by Gasteiger charge is 2.54. The molecule has 4 fully saturated rings. The summed E-state index contributed by atoms with van der Waals surface area (Å²) < 4.78 is 4.33. The molecule has 0 radical (unpaired) electrons. The lowest BCUT2D eigenvalue weighted by Gasteiger charge is -2.55. The molecular weight excluding hydrogens is 372 g/mol. The largest absolute Gasteiger partial charge is 0.356 e. The third-order valence-electron chi connectivity index (χ3n) is 8.64. The van der Waals surface area contributed by atoms with Crippen molar-refractivity contribution >= 4 is 22.8 Å². The van der Waals surface area contributed by atoms with E-state index in [4.69, 9.17) is 5.73 Å². The van der Waals surface area contributed by atoms with E-state index in [1.165, 1.54) is 19.3 Å². The SMILES string of the molecule is CC[NH+](CC)CCn1c(N)[n+](CC(=O)C23CC4CC(CC(C4)C2)C3)c2ccccc21. The summed E-state index contributed by atoms with van der Waals surface area (Å²) in [5.41, 5.74) is 8.88. The minimum Gasteiger partial charge on any atom is -0.333 e. The first-order valence-corrected chi connectivity index (χ1v) is 12.2. The molecule has 1 aromatic carbocycles. The van der Waals surface area contributed by atoms with Crippen LogP contribution in [0.4, 0.5) is 5.95 Å². The van der Waals surface area contributed by atoms with E-state index in [9.17, 15) is 4.79 Å². The van der Waals surface area contributed by atoms with Gasteiger partial charge >= 0.3 is 5.95 Å². The number of nitrogens with one attached hydrogen (secondary N) is 1. The third-order valence-corrected chi connectivity index (χ3v) is 8.64. The average Bonchev–Trinajstić information content (AvgIpc) is 2.99. The number of anilines is 1. The number of ketones is 1. The number of para-hydroxylation sites is 2. The lowest BCUT2D eigenvalue weighted by Crippen LogP contribution is -3.11. The monoisotopic (exact) mass is 410 g/mol. The zero-order chi connectivity index (χ0) is 20.9. The number of nitrogens with two attached hydrogens (primary N) is 1. The Morgan fingerprint density at radius 3 is 2.30 bits per heavy atom. The van der Waals surface area contributed by atoms with E-state index < -0.39 is 0 Å². The number of imidazole rings is 1. The Bertz CT molecular complexity index is 907. The summed E-state index contributed by atoms with van der Waals surface area (Å²) in [4.78, 5) is 15.3. The predicted octanol–water partition coefficient (Wildman–Crippen LogP) is 2.22. The minimum atomic E-state index is -0.0667. The van der Waals surface area contributed by atoms with Gasteiger partial charge in [0, 0.05) is 5.41 Å². The Balaban J connectivity index is 1.43. The minimum absolute atomic E-state index is 0.0667. The highest BCUT2D eigenvalue weighted by molar-refractivity contribution is 5.85. The van der Waals surface area contributed by atoms with E-state index >= 15 is 0 Å². The molecular formula is C25H38N4O+2. The van der Waals surface area contributed by atoms with E-state index in [0.717, 1.165) is 80.2 Å². The maximum absolute atomic E-state index is 13.7. The number of hydrogen-bond donors (Lipinski definition) is 2. The number of hydrogen-bond acceptors (Lipinski definition) is 2. The first-order valence-electron chi connectivity index (χ1n) is 12.2. The Hall–Kier alpha value is -1.88. The second-order valence-electron chi connectivity index (χ2n) is 10.4. The van der Waals surface area contributed by atoms with Gasteiger partial charge < -0.3 is 4.90 Å². The Morgan fingerprint density at radius 1 is 1.10 bits per heavy atom. The fourth-order valence-corrected chi connectivity index (χ4v) is 7.35. The standard InChI is InChI=1S/C25H36N4O/c1-3-27(4-2)9-10-28-21-7-5-6-8-22(21)29(24(28)26)17-23(30)25-14-18-11-19(15-25)13-20(12-18)16-25/h5-8,18-20,26H,3-4,9-17H2,1-2H3/p+2. The number of Topliss-reactive ketones (excluding diaryl/α,β-unsaturated/α-hetero) is 1. The summed E-state index contributed by atoms with van der Waals surface area (Å²) >= 11 is 0. The van der Waals surface area contributed by atoms with Gasteiger partial charge in [-0.1, -0.05) is 12.1 Å². The van der Waals surface area contributed by atoms with Crippen molar-refractivity contribution in [3.63, 3.8) is 0 Å². The van der Waals surface area contributed by atoms with E-state index in [1.54, 1.807) is 4.90 Å². The van der Waals surface area contributed by atoms with E-state index in [0.29, 0.717) is 12.3 Å². The lowest BCUT2D eigenvalue weighted by atomic mass is 9.48. The van der Waals surface area contributed by atoms with E-state index in [1.807, 2.05) is 0 Å². The van der Waals surface area contributed by atoms with Crippen molar-refractivity contribution in [1.82, 2.24) is 4.57 Å². The van der Waals surface area contributed by atoms with Gasteiger partial charge in [-0.2, -0.15) is 0 Å². The molecule has 30 heavy (non-hydrogen) atoms. The molecule has 1 heterocycles. The number of quaternary nitrogens is 1. The second kappa shape index (κ2) is 7.67. The quantitative estimate of drug-likeness (QED) is 0.656. The number of likely N-dealkylation sites (N-methyl/N-ethyl adjacent to an activating group) is 1.